The lowest BCUT2D eigenvalue weighted by Gasteiger charge is -2.15. The minimum absolute atomic E-state index is 0.0998. The molecule has 0 heterocycles. The Kier molecular flexibility index (Phi) is 7.96. The van der Waals surface area contributed by atoms with E-state index in [0.29, 0.717) is 17.1 Å². The number of fused-ring (bicyclic) bond motifs is 1. The maximum atomic E-state index is 12.5. The van der Waals surface area contributed by atoms with Crippen LogP contribution in [0.2, 0.25) is 0 Å². The first-order chi connectivity index (χ1) is 14.7. The molecule has 0 aliphatic rings. The zero-order valence-corrected chi connectivity index (χ0v) is 21.4. The molecule has 2 N–H and O–H groups in total. The lowest BCUT2D eigenvalue weighted by Crippen LogP contribution is -2.44. The number of halogens is 3. The van der Waals surface area contributed by atoms with Crippen LogP contribution in [0.5, 0.6) is 11.5 Å². The Morgan fingerprint density at radius 2 is 1.58 bits per heavy atom. The number of rotatable bonds is 6. The fourth-order valence-corrected chi connectivity index (χ4v) is 4.11. The number of hydrazine groups is 1. The van der Waals surface area contributed by atoms with Crippen LogP contribution in [0, 0.1) is 0 Å². The summed E-state index contributed by atoms with van der Waals surface area (Å²) in [5, 5.41) is 1.99. The lowest BCUT2D eigenvalue weighted by molar-refractivity contribution is -0.123. The smallest absolute Gasteiger partial charge is 0.276 e. The summed E-state index contributed by atoms with van der Waals surface area (Å²) in [6.45, 7) is 3.47. The van der Waals surface area contributed by atoms with E-state index in [2.05, 4.69) is 58.6 Å². The van der Waals surface area contributed by atoms with Crippen LogP contribution in [-0.2, 0) is 4.79 Å². The average Bonchev–Trinajstić information content (AvgIpc) is 2.72. The number of hydrogen-bond acceptors (Lipinski definition) is 4. The van der Waals surface area contributed by atoms with Gasteiger partial charge in [-0.25, -0.2) is 0 Å². The predicted molar refractivity (Wildman–Crippen MR) is 130 cm³/mol. The highest BCUT2D eigenvalue weighted by Crippen LogP contribution is 2.34. The normalized spacial score (nSPS) is 10.8. The van der Waals surface area contributed by atoms with Gasteiger partial charge in [0, 0.05) is 8.95 Å². The van der Waals surface area contributed by atoms with Gasteiger partial charge < -0.3 is 9.47 Å². The number of ether oxygens (including phenoxy) is 2. The molecule has 0 aliphatic heterocycles. The molecule has 0 aromatic heterocycles. The molecule has 0 unspecified atom stereocenters. The lowest BCUT2D eigenvalue weighted by atomic mass is 10.1. The Bertz CT molecular complexity index is 1140. The second kappa shape index (κ2) is 10.5. The van der Waals surface area contributed by atoms with Gasteiger partial charge in [0.25, 0.3) is 11.8 Å². The van der Waals surface area contributed by atoms with Gasteiger partial charge in [0.15, 0.2) is 6.61 Å². The SMILES string of the molecule is CC(C)Oc1ccc(Br)cc1C(=O)NNC(=O)COc1ccc2cc(Br)ccc2c1Br. The van der Waals surface area contributed by atoms with E-state index in [1.165, 1.54) is 0 Å². The molecule has 3 rings (SSSR count). The fraction of sp³-hybridized carbons (Fsp3) is 0.182. The van der Waals surface area contributed by atoms with Crippen LogP contribution in [0.25, 0.3) is 10.8 Å². The van der Waals surface area contributed by atoms with Crippen LogP contribution in [0.1, 0.15) is 24.2 Å². The first-order valence-corrected chi connectivity index (χ1v) is 11.7. The summed E-state index contributed by atoms with van der Waals surface area (Å²) < 4.78 is 13.7. The summed E-state index contributed by atoms with van der Waals surface area (Å²) in [7, 11) is 0. The Morgan fingerprint density at radius 3 is 2.32 bits per heavy atom. The molecule has 0 spiro atoms. The van der Waals surface area contributed by atoms with Gasteiger partial charge in [-0.2, -0.15) is 0 Å². The van der Waals surface area contributed by atoms with Gasteiger partial charge in [-0.15, -0.1) is 0 Å². The predicted octanol–water partition coefficient (Wildman–Crippen LogP) is 5.75. The first-order valence-electron chi connectivity index (χ1n) is 9.30. The van der Waals surface area contributed by atoms with Crippen LogP contribution in [-0.4, -0.2) is 24.5 Å². The van der Waals surface area contributed by atoms with E-state index in [1.807, 2.05) is 38.1 Å². The molecular formula is C22H19Br3N2O4. The zero-order chi connectivity index (χ0) is 22.5. The van der Waals surface area contributed by atoms with Crippen molar-refractivity contribution in [2.45, 2.75) is 20.0 Å². The van der Waals surface area contributed by atoms with E-state index in [-0.39, 0.29) is 12.7 Å². The van der Waals surface area contributed by atoms with Gasteiger partial charge >= 0.3 is 0 Å². The van der Waals surface area contributed by atoms with Gasteiger partial charge in [0.2, 0.25) is 0 Å². The molecule has 9 heteroatoms. The summed E-state index contributed by atoms with van der Waals surface area (Å²) in [4.78, 5) is 24.7. The molecule has 31 heavy (non-hydrogen) atoms. The fourth-order valence-electron chi connectivity index (χ4n) is 2.76. The maximum Gasteiger partial charge on any atom is 0.276 e. The van der Waals surface area contributed by atoms with Crippen LogP contribution in [0.4, 0.5) is 0 Å². The van der Waals surface area contributed by atoms with Gasteiger partial charge in [0.05, 0.1) is 16.1 Å². The second-order valence-corrected chi connectivity index (χ2v) is 9.47. The van der Waals surface area contributed by atoms with Crippen LogP contribution in [0.15, 0.2) is 61.9 Å². The number of carbonyl (C=O) groups is 2. The molecule has 0 aliphatic carbocycles. The molecule has 0 radical (unpaired) electrons. The van der Waals surface area contributed by atoms with Crippen molar-refractivity contribution in [3.05, 3.63) is 67.5 Å². The third kappa shape index (κ3) is 6.21. The largest absolute Gasteiger partial charge is 0.490 e. The van der Waals surface area contributed by atoms with Gasteiger partial charge in [0.1, 0.15) is 11.5 Å². The Hall–Kier alpha value is -2.10. The number of benzene rings is 3. The summed E-state index contributed by atoms with van der Waals surface area (Å²) >= 11 is 10.3. The van der Waals surface area contributed by atoms with E-state index in [1.54, 1.807) is 24.3 Å². The summed E-state index contributed by atoms with van der Waals surface area (Å²) in [5.41, 5.74) is 5.05. The Morgan fingerprint density at radius 1 is 0.903 bits per heavy atom. The number of nitrogens with one attached hydrogen (secondary N) is 2. The molecule has 162 valence electrons. The van der Waals surface area contributed by atoms with Crippen molar-refractivity contribution in [1.29, 1.82) is 0 Å². The zero-order valence-electron chi connectivity index (χ0n) is 16.7. The van der Waals surface area contributed by atoms with E-state index in [9.17, 15) is 9.59 Å². The van der Waals surface area contributed by atoms with Crippen molar-refractivity contribution < 1.29 is 19.1 Å². The number of carbonyl (C=O) groups excluding carboxylic acids is 2. The molecule has 0 bridgehead atoms. The van der Waals surface area contributed by atoms with Crippen molar-refractivity contribution in [1.82, 2.24) is 10.9 Å². The minimum Gasteiger partial charge on any atom is -0.490 e. The van der Waals surface area contributed by atoms with Crippen molar-refractivity contribution >= 4 is 70.4 Å². The standard InChI is InChI=1S/C22H19Br3N2O4/c1-12(2)31-18-8-5-15(24)10-17(18)22(29)27-26-20(28)11-30-19-7-3-13-9-14(23)4-6-16(13)21(19)25/h3-10,12H,11H2,1-2H3,(H,26,28)(H,27,29). The summed E-state index contributed by atoms with van der Waals surface area (Å²) in [5.74, 6) is -0.0518. The van der Waals surface area contributed by atoms with Crippen LogP contribution >= 0.6 is 47.8 Å². The topological polar surface area (TPSA) is 76.7 Å². The Balaban J connectivity index is 1.60. The van der Waals surface area contributed by atoms with Crippen molar-refractivity contribution in [3.8, 4) is 11.5 Å². The molecular weight excluding hydrogens is 596 g/mol. The minimum atomic E-state index is -0.502. The number of hydrogen-bond donors (Lipinski definition) is 2. The van der Waals surface area contributed by atoms with Gasteiger partial charge in [-0.1, -0.05) is 44.0 Å². The molecule has 0 saturated heterocycles. The van der Waals surface area contributed by atoms with Crippen molar-refractivity contribution in [2.24, 2.45) is 0 Å². The van der Waals surface area contributed by atoms with Crippen molar-refractivity contribution in [3.63, 3.8) is 0 Å². The van der Waals surface area contributed by atoms with Crippen LogP contribution < -0.4 is 20.3 Å². The quantitative estimate of drug-likeness (QED) is 0.347. The highest BCUT2D eigenvalue weighted by molar-refractivity contribution is 9.11. The summed E-state index contributed by atoms with van der Waals surface area (Å²) in [6, 6.07) is 14.7. The molecule has 0 fully saturated rings. The molecule has 2 amide bonds. The third-order valence-electron chi connectivity index (χ3n) is 4.10. The molecule has 3 aromatic rings. The molecule has 0 atom stereocenters. The maximum absolute atomic E-state index is 12.5. The van der Waals surface area contributed by atoms with E-state index < -0.39 is 11.8 Å². The van der Waals surface area contributed by atoms with E-state index >= 15 is 0 Å². The third-order valence-corrected chi connectivity index (χ3v) is 5.91. The summed E-state index contributed by atoms with van der Waals surface area (Å²) in [6.07, 6.45) is -0.0998. The molecule has 0 saturated carbocycles. The average molecular weight is 615 g/mol. The monoisotopic (exact) mass is 612 g/mol. The van der Waals surface area contributed by atoms with Crippen LogP contribution in [0.3, 0.4) is 0 Å². The second-order valence-electron chi connectivity index (χ2n) is 6.84. The highest BCUT2D eigenvalue weighted by atomic mass is 79.9. The number of amides is 2. The van der Waals surface area contributed by atoms with E-state index in [0.717, 1.165) is 24.2 Å². The van der Waals surface area contributed by atoms with Gasteiger partial charge in [-0.3, -0.25) is 20.4 Å². The van der Waals surface area contributed by atoms with E-state index in [4.69, 9.17) is 9.47 Å². The highest BCUT2D eigenvalue weighted by Gasteiger charge is 2.16. The van der Waals surface area contributed by atoms with Crippen molar-refractivity contribution in [2.75, 3.05) is 6.61 Å². The first kappa shape index (κ1) is 23.6. The Labute approximate surface area is 205 Å². The van der Waals surface area contributed by atoms with Gasteiger partial charge in [-0.05, 0) is 76.9 Å². The molecule has 3 aromatic carbocycles. The molecule has 6 nitrogen and oxygen atoms in total.